The third-order valence-electron chi connectivity index (χ3n) is 6.71. The number of hydrogen-bond donors (Lipinski definition) is 1. The Morgan fingerprint density at radius 1 is 0.949 bits per heavy atom. The van der Waals surface area contributed by atoms with Crippen molar-refractivity contribution in [3.05, 3.63) is 94.0 Å². The lowest BCUT2D eigenvalue weighted by Crippen LogP contribution is -2.51. The quantitative estimate of drug-likeness (QED) is 0.335. The minimum absolute atomic E-state index is 0.0551. The third kappa shape index (κ3) is 7.19. The number of carbonyl (C=O) groups excluding carboxylic acids is 2. The fraction of sp³-hybridized carbons (Fsp3) is 0.333. The highest BCUT2D eigenvalue weighted by Gasteiger charge is 2.33. The van der Waals surface area contributed by atoms with Gasteiger partial charge < -0.3 is 10.2 Å². The first-order valence-electron chi connectivity index (χ1n) is 12.9. The van der Waals surface area contributed by atoms with E-state index in [1.807, 2.05) is 45.0 Å². The van der Waals surface area contributed by atoms with Crippen molar-refractivity contribution in [2.75, 3.05) is 17.4 Å². The molecule has 0 heterocycles. The Morgan fingerprint density at radius 2 is 1.62 bits per heavy atom. The Balaban J connectivity index is 2.07. The van der Waals surface area contributed by atoms with E-state index >= 15 is 0 Å². The molecule has 0 spiro atoms. The van der Waals surface area contributed by atoms with Crippen LogP contribution in [0.5, 0.6) is 0 Å². The van der Waals surface area contributed by atoms with Gasteiger partial charge in [0.25, 0.3) is 10.0 Å². The summed E-state index contributed by atoms with van der Waals surface area (Å²) in [5.41, 5.74) is 3.57. The molecule has 39 heavy (non-hydrogen) atoms. The van der Waals surface area contributed by atoms with Gasteiger partial charge in [-0.05, 0) is 75.1 Å². The van der Waals surface area contributed by atoms with Crippen LogP contribution in [0.3, 0.4) is 0 Å². The van der Waals surface area contributed by atoms with Gasteiger partial charge in [0.05, 0.1) is 10.6 Å². The standard InChI is InChI=1S/C30H36ClN3O4S/c1-6-18-32-30(36)24(5)33(19-25-11-8-7-10-22(25)3)29(35)20-34(28-13-9-12-27(31)23(28)4)39(37,38)26-16-14-21(2)15-17-26/h7-17,24H,6,18-20H2,1-5H3,(H,32,36)/t24-/m0/s1. The van der Waals surface area contributed by atoms with Crippen LogP contribution in [0.2, 0.25) is 5.02 Å². The molecule has 2 amide bonds. The first-order chi connectivity index (χ1) is 18.5. The fourth-order valence-corrected chi connectivity index (χ4v) is 5.81. The molecule has 0 saturated carbocycles. The van der Waals surface area contributed by atoms with Crippen LogP contribution in [0.15, 0.2) is 71.6 Å². The molecule has 0 aromatic heterocycles. The maximum Gasteiger partial charge on any atom is 0.264 e. The number of benzene rings is 3. The zero-order valence-electron chi connectivity index (χ0n) is 23.1. The van der Waals surface area contributed by atoms with E-state index in [4.69, 9.17) is 11.6 Å². The SMILES string of the molecule is CCCNC(=O)[C@H](C)N(Cc1ccccc1C)C(=O)CN(c1cccc(Cl)c1C)S(=O)(=O)c1ccc(C)cc1. The summed E-state index contributed by atoms with van der Waals surface area (Å²) in [4.78, 5) is 28.5. The summed E-state index contributed by atoms with van der Waals surface area (Å²) >= 11 is 6.37. The minimum atomic E-state index is -4.15. The second-order valence-electron chi connectivity index (χ2n) is 9.62. The molecule has 0 aliphatic heterocycles. The third-order valence-corrected chi connectivity index (χ3v) is 8.90. The molecule has 0 saturated heterocycles. The van der Waals surface area contributed by atoms with Crippen molar-refractivity contribution in [2.24, 2.45) is 0 Å². The molecule has 0 radical (unpaired) electrons. The molecule has 0 aliphatic rings. The average molecular weight is 570 g/mol. The van der Waals surface area contributed by atoms with Gasteiger partial charge in [-0.15, -0.1) is 0 Å². The van der Waals surface area contributed by atoms with E-state index in [0.717, 1.165) is 27.4 Å². The molecular weight excluding hydrogens is 534 g/mol. The number of amides is 2. The van der Waals surface area contributed by atoms with Crippen LogP contribution in [-0.4, -0.2) is 44.3 Å². The molecule has 3 aromatic rings. The van der Waals surface area contributed by atoms with Crippen molar-refractivity contribution in [3.63, 3.8) is 0 Å². The van der Waals surface area contributed by atoms with Crippen molar-refractivity contribution in [2.45, 2.75) is 58.5 Å². The smallest absolute Gasteiger partial charge is 0.264 e. The molecule has 1 N–H and O–H groups in total. The molecule has 0 unspecified atom stereocenters. The van der Waals surface area contributed by atoms with Gasteiger partial charge in [0.15, 0.2) is 0 Å². The molecule has 1 atom stereocenters. The predicted molar refractivity (Wildman–Crippen MR) is 156 cm³/mol. The monoisotopic (exact) mass is 569 g/mol. The maximum absolute atomic E-state index is 14.0. The zero-order valence-corrected chi connectivity index (χ0v) is 24.6. The normalized spacial score (nSPS) is 12.1. The molecule has 0 aliphatic carbocycles. The maximum atomic E-state index is 14.0. The van der Waals surface area contributed by atoms with Gasteiger partial charge in [0, 0.05) is 18.1 Å². The summed E-state index contributed by atoms with van der Waals surface area (Å²) in [6.45, 7) is 9.24. The Labute approximate surface area is 236 Å². The van der Waals surface area contributed by atoms with Gasteiger partial charge in [0.2, 0.25) is 11.8 Å². The lowest BCUT2D eigenvalue weighted by Gasteiger charge is -2.32. The van der Waals surface area contributed by atoms with E-state index in [2.05, 4.69) is 5.32 Å². The van der Waals surface area contributed by atoms with Crippen molar-refractivity contribution in [1.29, 1.82) is 0 Å². The van der Waals surface area contributed by atoms with E-state index in [1.54, 1.807) is 44.2 Å². The van der Waals surface area contributed by atoms with Crippen LogP contribution in [0.4, 0.5) is 5.69 Å². The van der Waals surface area contributed by atoms with Crippen molar-refractivity contribution in [3.8, 4) is 0 Å². The van der Waals surface area contributed by atoms with Crippen molar-refractivity contribution >= 4 is 39.1 Å². The summed E-state index contributed by atoms with van der Waals surface area (Å²) in [7, 11) is -4.15. The van der Waals surface area contributed by atoms with E-state index in [9.17, 15) is 18.0 Å². The first-order valence-corrected chi connectivity index (χ1v) is 14.7. The lowest BCUT2D eigenvalue weighted by atomic mass is 10.1. The number of carbonyl (C=O) groups is 2. The summed E-state index contributed by atoms with van der Waals surface area (Å²) < 4.78 is 29.0. The first kappa shape index (κ1) is 30.2. The van der Waals surface area contributed by atoms with Crippen LogP contribution in [0.25, 0.3) is 0 Å². The highest BCUT2D eigenvalue weighted by atomic mass is 35.5. The number of anilines is 1. The molecule has 0 fully saturated rings. The molecule has 7 nitrogen and oxygen atoms in total. The van der Waals surface area contributed by atoms with Crippen LogP contribution < -0.4 is 9.62 Å². The Kier molecular flexibility index (Phi) is 10.2. The predicted octanol–water partition coefficient (Wildman–Crippen LogP) is 5.40. The number of hydrogen-bond acceptors (Lipinski definition) is 4. The fourth-order valence-electron chi connectivity index (χ4n) is 4.17. The van der Waals surface area contributed by atoms with Gasteiger partial charge in [-0.1, -0.05) is 66.6 Å². The summed E-state index contributed by atoms with van der Waals surface area (Å²) in [6.07, 6.45) is 0.751. The number of rotatable bonds is 11. The molecule has 3 aromatic carbocycles. The zero-order chi connectivity index (χ0) is 28.7. The van der Waals surface area contributed by atoms with Gasteiger partial charge >= 0.3 is 0 Å². The Bertz CT molecular complexity index is 1420. The molecule has 3 rings (SSSR count). The van der Waals surface area contributed by atoms with Crippen LogP contribution >= 0.6 is 11.6 Å². The molecule has 208 valence electrons. The second kappa shape index (κ2) is 13.1. The summed E-state index contributed by atoms with van der Waals surface area (Å²) in [5, 5.41) is 3.23. The minimum Gasteiger partial charge on any atom is -0.354 e. The van der Waals surface area contributed by atoms with Crippen LogP contribution in [0.1, 0.15) is 42.5 Å². The van der Waals surface area contributed by atoms with E-state index in [0.29, 0.717) is 22.8 Å². The number of aryl methyl sites for hydroxylation is 2. The highest BCUT2D eigenvalue weighted by molar-refractivity contribution is 7.92. The summed E-state index contributed by atoms with van der Waals surface area (Å²) in [6, 6.07) is 18.2. The van der Waals surface area contributed by atoms with Gasteiger partial charge in [-0.2, -0.15) is 0 Å². The number of nitrogens with one attached hydrogen (secondary N) is 1. The molecule has 9 heteroatoms. The highest BCUT2D eigenvalue weighted by Crippen LogP contribution is 2.31. The van der Waals surface area contributed by atoms with Gasteiger partial charge in [-0.25, -0.2) is 8.42 Å². The molecule has 0 bridgehead atoms. The van der Waals surface area contributed by atoms with Gasteiger partial charge in [0.1, 0.15) is 12.6 Å². The number of sulfonamides is 1. The van der Waals surface area contributed by atoms with E-state index in [1.165, 1.54) is 17.0 Å². The summed E-state index contributed by atoms with van der Waals surface area (Å²) in [5.74, 6) is -0.807. The van der Waals surface area contributed by atoms with Crippen LogP contribution in [-0.2, 0) is 26.2 Å². The Hall–Kier alpha value is -3.36. The van der Waals surface area contributed by atoms with E-state index < -0.39 is 28.5 Å². The number of nitrogens with zero attached hydrogens (tertiary/aromatic N) is 2. The average Bonchev–Trinajstić information content (AvgIpc) is 2.91. The second-order valence-corrected chi connectivity index (χ2v) is 11.9. The van der Waals surface area contributed by atoms with E-state index in [-0.39, 0.29) is 17.3 Å². The van der Waals surface area contributed by atoms with Crippen molar-refractivity contribution < 1.29 is 18.0 Å². The van der Waals surface area contributed by atoms with Gasteiger partial charge in [-0.3, -0.25) is 13.9 Å². The van der Waals surface area contributed by atoms with Crippen molar-refractivity contribution in [1.82, 2.24) is 10.2 Å². The number of halogens is 1. The largest absolute Gasteiger partial charge is 0.354 e. The Morgan fingerprint density at radius 3 is 2.26 bits per heavy atom. The lowest BCUT2D eigenvalue weighted by molar-refractivity contribution is -0.139. The molecular formula is C30H36ClN3O4S. The van der Waals surface area contributed by atoms with Crippen LogP contribution in [0, 0.1) is 20.8 Å². The topological polar surface area (TPSA) is 86.8 Å².